The lowest BCUT2D eigenvalue weighted by Gasteiger charge is -2.28. The van der Waals surface area contributed by atoms with E-state index in [0.717, 1.165) is 50.1 Å². The maximum absolute atomic E-state index is 6.25. The van der Waals surface area contributed by atoms with Crippen LogP contribution in [0.25, 0.3) is 87.6 Å². The van der Waals surface area contributed by atoms with E-state index >= 15 is 0 Å². The van der Waals surface area contributed by atoms with Crippen LogP contribution in [0.1, 0.15) is 0 Å². The molecule has 1 heterocycles. The number of hydrogen-bond acceptors (Lipinski definition) is 2. The molecule has 0 N–H and O–H groups in total. The molecule has 0 aliphatic carbocycles. The minimum absolute atomic E-state index is 0.903. The Bertz CT molecular complexity index is 3240. The van der Waals surface area contributed by atoms with Crippen LogP contribution in [-0.2, 0) is 0 Å². The van der Waals surface area contributed by atoms with Crippen LogP contribution in [0.5, 0.6) is 0 Å². The highest BCUT2D eigenvalue weighted by molar-refractivity contribution is 6.15. The monoisotopic (exact) mass is 713 g/mol. The Morgan fingerprint density at radius 2 is 0.857 bits per heavy atom. The molecule has 10 aromatic carbocycles. The van der Waals surface area contributed by atoms with Gasteiger partial charge in [0.1, 0.15) is 11.2 Å². The van der Waals surface area contributed by atoms with E-state index in [1.807, 2.05) is 12.1 Å². The number of para-hydroxylation sites is 1. The van der Waals surface area contributed by atoms with Crippen molar-refractivity contribution in [2.45, 2.75) is 0 Å². The molecule has 0 fully saturated rings. The van der Waals surface area contributed by atoms with Crippen LogP contribution in [0.2, 0.25) is 0 Å². The zero-order valence-electron chi connectivity index (χ0n) is 30.6. The van der Waals surface area contributed by atoms with Crippen LogP contribution in [0.15, 0.2) is 217 Å². The lowest BCUT2D eigenvalue weighted by molar-refractivity contribution is 0.669. The van der Waals surface area contributed by atoms with Crippen LogP contribution in [0.3, 0.4) is 0 Å². The first-order chi connectivity index (χ1) is 27.8. The number of nitrogens with zero attached hydrogens (tertiary/aromatic N) is 1. The summed E-state index contributed by atoms with van der Waals surface area (Å²) < 4.78 is 6.25. The lowest BCUT2D eigenvalue weighted by Crippen LogP contribution is -2.10. The normalized spacial score (nSPS) is 11.6. The Balaban J connectivity index is 1.04. The van der Waals surface area contributed by atoms with Gasteiger partial charge in [0.25, 0.3) is 0 Å². The van der Waals surface area contributed by atoms with E-state index in [0.29, 0.717) is 0 Å². The zero-order chi connectivity index (χ0) is 37.0. The molecule has 0 radical (unpaired) electrons. The van der Waals surface area contributed by atoms with Gasteiger partial charge in [-0.15, -0.1) is 0 Å². The molecule has 0 amide bonds. The minimum Gasteiger partial charge on any atom is -0.456 e. The number of hydrogen-bond donors (Lipinski definition) is 0. The summed E-state index contributed by atoms with van der Waals surface area (Å²) in [7, 11) is 0. The van der Waals surface area contributed by atoms with Crippen LogP contribution in [0.4, 0.5) is 17.1 Å². The van der Waals surface area contributed by atoms with Crippen molar-refractivity contribution in [3.8, 4) is 33.4 Å². The van der Waals surface area contributed by atoms with Gasteiger partial charge in [0.05, 0.1) is 5.69 Å². The number of furan rings is 1. The Hall–Kier alpha value is -7.42. The van der Waals surface area contributed by atoms with Gasteiger partial charge in [-0.3, -0.25) is 0 Å². The van der Waals surface area contributed by atoms with Crippen LogP contribution >= 0.6 is 0 Å². The second kappa shape index (κ2) is 13.2. The van der Waals surface area contributed by atoms with Crippen molar-refractivity contribution in [1.82, 2.24) is 0 Å². The fourth-order valence-corrected chi connectivity index (χ4v) is 8.60. The molecule has 262 valence electrons. The van der Waals surface area contributed by atoms with Crippen LogP contribution < -0.4 is 4.90 Å². The second-order valence-corrected chi connectivity index (χ2v) is 14.5. The van der Waals surface area contributed by atoms with E-state index in [-0.39, 0.29) is 0 Å². The van der Waals surface area contributed by atoms with E-state index in [9.17, 15) is 0 Å². The van der Waals surface area contributed by atoms with Crippen LogP contribution in [0, 0.1) is 0 Å². The molecule has 0 bridgehead atoms. The third-order valence-electron chi connectivity index (χ3n) is 11.2. The highest BCUT2D eigenvalue weighted by Gasteiger charge is 2.19. The highest BCUT2D eigenvalue weighted by atomic mass is 16.3. The minimum atomic E-state index is 0.903. The quantitative estimate of drug-likeness (QED) is 0.160. The highest BCUT2D eigenvalue weighted by Crippen LogP contribution is 2.44. The third kappa shape index (κ3) is 5.34. The first-order valence-electron chi connectivity index (χ1n) is 19.2. The molecule has 11 aromatic rings. The van der Waals surface area contributed by atoms with Gasteiger partial charge < -0.3 is 9.32 Å². The Kier molecular flexibility index (Phi) is 7.53. The maximum atomic E-state index is 6.25. The van der Waals surface area contributed by atoms with Gasteiger partial charge in [-0.25, -0.2) is 0 Å². The topological polar surface area (TPSA) is 16.4 Å². The summed E-state index contributed by atoms with van der Waals surface area (Å²) in [4.78, 5) is 2.41. The molecular formula is C54H35NO. The lowest BCUT2D eigenvalue weighted by atomic mass is 9.95. The molecule has 0 aliphatic rings. The van der Waals surface area contributed by atoms with Crippen LogP contribution in [-0.4, -0.2) is 0 Å². The number of anilines is 3. The number of fused-ring (bicyclic) bond motifs is 7. The molecule has 11 rings (SSSR count). The van der Waals surface area contributed by atoms with Crippen molar-refractivity contribution in [3.05, 3.63) is 212 Å². The molecule has 0 saturated heterocycles. The van der Waals surface area contributed by atoms with Crippen molar-refractivity contribution < 1.29 is 4.42 Å². The SMILES string of the molecule is c1cc(-c2ccc(N(c3ccc(-c4cccc5oc6ccccc6c45)cc3)c3cc4ccccc4c4ccccc34)cc2)cc(-c2cccc3ccccc23)c1. The van der Waals surface area contributed by atoms with Crippen molar-refractivity contribution in [2.75, 3.05) is 4.90 Å². The molecule has 0 saturated carbocycles. The second-order valence-electron chi connectivity index (χ2n) is 14.5. The molecule has 56 heavy (non-hydrogen) atoms. The molecule has 0 unspecified atom stereocenters. The Morgan fingerprint density at radius 1 is 0.304 bits per heavy atom. The summed E-state index contributed by atoms with van der Waals surface area (Å²) in [6.07, 6.45) is 0. The molecule has 1 aromatic heterocycles. The number of rotatable bonds is 6. The standard InChI is InChI=1S/C54H35NO/c1-3-17-44-37(12-1)14-10-22-45(44)40-16-9-15-39(34-40)36-26-30-42(31-27-36)55(51-35-41-13-2-4-18-46(41)48-19-5-6-20-49(48)51)43-32-28-38(29-33-43)47-23-11-25-53-54(47)50-21-7-8-24-52(50)56-53/h1-35H. The van der Waals surface area contributed by atoms with Crippen molar-refractivity contribution >= 4 is 71.3 Å². The molecule has 2 nitrogen and oxygen atoms in total. The first-order valence-corrected chi connectivity index (χ1v) is 19.2. The zero-order valence-corrected chi connectivity index (χ0v) is 30.6. The predicted molar refractivity (Wildman–Crippen MR) is 237 cm³/mol. The van der Waals surface area contributed by atoms with E-state index < -0.39 is 0 Å². The third-order valence-corrected chi connectivity index (χ3v) is 11.2. The largest absolute Gasteiger partial charge is 0.456 e. The van der Waals surface area contributed by atoms with Crippen molar-refractivity contribution in [2.24, 2.45) is 0 Å². The fraction of sp³-hybridized carbons (Fsp3) is 0. The van der Waals surface area contributed by atoms with E-state index in [1.165, 1.54) is 54.6 Å². The summed E-state index contributed by atoms with van der Waals surface area (Å²) in [6.45, 7) is 0. The van der Waals surface area contributed by atoms with Gasteiger partial charge in [0.2, 0.25) is 0 Å². The van der Waals surface area contributed by atoms with Crippen molar-refractivity contribution in [1.29, 1.82) is 0 Å². The van der Waals surface area contributed by atoms with E-state index in [2.05, 4.69) is 205 Å². The van der Waals surface area contributed by atoms with Gasteiger partial charge >= 0.3 is 0 Å². The van der Waals surface area contributed by atoms with Crippen molar-refractivity contribution in [3.63, 3.8) is 0 Å². The van der Waals surface area contributed by atoms with E-state index in [4.69, 9.17) is 4.42 Å². The first kappa shape index (κ1) is 32.0. The fourth-order valence-electron chi connectivity index (χ4n) is 8.60. The average Bonchev–Trinajstić information content (AvgIpc) is 3.66. The summed E-state index contributed by atoms with van der Waals surface area (Å²) in [5.41, 5.74) is 12.3. The van der Waals surface area contributed by atoms with Gasteiger partial charge in [0, 0.05) is 27.5 Å². The smallest absolute Gasteiger partial charge is 0.136 e. The maximum Gasteiger partial charge on any atom is 0.136 e. The summed E-state index contributed by atoms with van der Waals surface area (Å²) in [5, 5.41) is 9.71. The van der Waals surface area contributed by atoms with Gasteiger partial charge in [-0.1, -0.05) is 164 Å². The van der Waals surface area contributed by atoms with Gasteiger partial charge in [-0.05, 0) is 109 Å². The molecule has 0 spiro atoms. The Labute approximate surface area is 325 Å². The van der Waals surface area contributed by atoms with E-state index in [1.54, 1.807) is 0 Å². The number of benzene rings is 10. The molecular weight excluding hydrogens is 679 g/mol. The average molecular weight is 714 g/mol. The molecule has 0 aliphatic heterocycles. The molecule has 0 atom stereocenters. The predicted octanol–water partition coefficient (Wildman–Crippen LogP) is 15.5. The molecule has 2 heteroatoms. The summed E-state index contributed by atoms with van der Waals surface area (Å²) in [5.74, 6) is 0. The van der Waals surface area contributed by atoms with Gasteiger partial charge in [-0.2, -0.15) is 0 Å². The summed E-state index contributed by atoms with van der Waals surface area (Å²) >= 11 is 0. The van der Waals surface area contributed by atoms with Gasteiger partial charge in [0.15, 0.2) is 0 Å². The Morgan fingerprint density at radius 3 is 1.66 bits per heavy atom. The summed E-state index contributed by atoms with van der Waals surface area (Å²) in [6, 6.07) is 76.5.